The maximum atomic E-state index is 13.2. The molecule has 0 saturated heterocycles. The number of halogens is 3. The molecule has 32 heavy (non-hydrogen) atoms. The van der Waals surface area contributed by atoms with Crippen LogP contribution < -0.4 is 5.32 Å². The number of thioether (sulfide) groups is 1. The zero-order valence-corrected chi connectivity index (χ0v) is 18.5. The maximum Gasteiger partial charge on any atom is 0.406 e. The van der Waals surface area contributed by atoms with Gasteiger partial charge in [0.25, 0.3) is 0 Å². The van der Waals surface area contributed by atoms with Gasteiger partial charge in [-0.2, -0.15) is 13.2 Å². The van der Waals surface area contributed by atoms with Gasteiger partial charge in [0, 0.05) is 18.0 Å². The highest BCUT2D eigenvalue weighted by atomic mass is 32.2. The lowest BCUT2D eigenvalue weighted by molar-refractivity contribution is -0.141. The normalized spacial score (nSPS) is 12.7. The maximum absolute atomic E-state index is 13.2. The van der Waals surface area contributed by atoms with Gasteiger partial charge in [0.1, 0.15) is 6.54 Å². The minimum absolute atomic E-state index is 0.0319. The fourth-order valence-electron chi connectivity index (χ4n) is 3.23. The Morgan fingerprint density at radius 2 is 1.78 bits per heavy atom. The molecular formula is C22H24F3N5OS. The third-order valence-corrected chi connectivity index (χ3v) is 5.54. The van der Waals surface area contributed by atoms with Crippen molar-refractivity contribution < 1.29 is 18.0 Å². The Morgan fingerprint density at radius 3 is 2.41 bits per heavy atom. The SMILES string of the molecule is CC(C)CC(NC(=O)CSc1nnc(-c2ccncc2)n1CC(F)(F)F)c1ccccc1. The minimum Gasteiger partial charge on any atom is -0.349 e. The van der Waals surface area contributed by atoms with Crippen molar-refractivity contribution in [1.29, 1.82) is 0 Å². The van der Waals surface area contributed by atoms with E-state index >= 15 is 0 Å². The molecule has 0 radical (unpaired) electrons. The van der Waals surface area contributed by atoms with E-state index in [0.717, 1.165) is 28.3 Å². The first-order valence-corrected chi connectivity index (χ1v) is 11.1. The molecule has 2 heterocycles. The van der Waals surface area contributed by atoms with Crippen LogP contribution in [0.15, 0.2) is 60.0 Å². The fourth-order valence-corrected chi connectivity index (χ4v) is 3.98. The second-order valence-electron chi connectivity index (χ2n) is 7.69. The van der Waals surface area contributed by atoms with Gasteiger partial charge in [0.2, 0.25) is 5.91 Å². The molecule has 170 valence electrons. The molecule has 1 N–H and O–H groups in total. The van der Waals surface area contributed by atoms with Gasteiger partial charge in [0.15, 0.2) is 11.0 Å². The summed E-state index contributed by atoms with van der Waals surface area (Å²) >= 11 is 0.929. The van der Waals surface area contributed by atoms with E-state index in [9.17, 15) is 18.0 Å². The number of aromatic nitrogens is 4. The number of amides is 1. The third kappa shape index (κ3) is 6.81. The predicted octanol–water partition coefficient (Wildman–Crippen LogP) is 4.90. The zero-order chi connectivity index (χ0) is 23.1. The highest BCUT2D eigenvalue weighted by Gasteiger charge is 2.31. The average molecular weight is 464 g/mol. The van der Waals surface area contributed by atoms with Crippen LogP contribution in [-0.4, -0.2) is 37.6 Å². The molecule has 1 amide bonds. The summed E-state index contributed by atoms with van der Waals surface area (Å²) in [5.74, 6) is 0.0745. The summed E-state index contributed by atoms with van der Waals surface area (Å²) in [4.78, 5) is 16.5. The summed E-state index contributed by atoms with van der Waals surface area (Å²) in [7, 11) is 0. The molecule has 2 aromatic heterocycles. The molecule has 3 rings (SSSR count). The van der Waals surface area contributed by atoms with Gasteiger partial charge in [0.05, 0.1) is 11.8 Å². The summed E-state index contributed by atoms with van der Waals surface area (Å²) in [6.45, 7) is 2.88. The van der Waals surface area contributed by atoms with Crippen LogP contribution >= 0.6 is 11.8 Å². The van der Waals surface area contributed by atoms with Crippen LogP contribution in [0.4, 0.5) is 13.2 Å². The van der Waals surface area contributed by atoms with Crippen LogP contribution in [0, 0.1) is 5.92 Å². The molecule has 0 saturated carbocycles. The number of hydrogen-bond donors (Lipinski definition) is 1. The molecule has 6 nitrogen and oxygen atoms in total. The van der Waals surface area contributed by atoms with Gasteiger partial charge >= 0.3 is 6.18 Å². The van der Waals surface area contributed by atoms with Crippen LogP contribution in [0.5, 0.6) is 0 Å². The molecule has 0 aliphatic carbocycles. The van der Waals surface area contributed by atoms with Gasteiger partial charge < -0.3 is 5.32 Å². The monoisotopic (exact) mass is 463 g/mol. The number of benzene rings is 1. The van der Waals surface area contributed by atoms with Crippen molar-refractivity contribution in [3.8, 4) is 11.4 Å². The van der Waals surface area contributed by atoms with Crippen molar-refractivity contribution in [2.24, 2.45) is 5.92 Å². The molecule has 0 spiro atoms. The van der Waals surface area contributed by atoms with Gasteiger partial charge in [-0.3, -0.25) is 14.3 Å². The van der Waals surface area contributed by atoms with Crippen molar-refractivity contribution >= 4 is 17.7 Å². The fraction of sp³-hybridized carbons (Fsp3) is 0.364. The van der Waals surface area contributed by atoms with Crippen LogP contribution in [-0.2, 0) is 11.3 Å². The Hall–Kier alpha value is -2.88. The first-order valence-electron chi connectivity index (χ1n) is 10.1. The molecule has 10 heteroatoms. The Balaban J connectivity index is 1.74. The Bertz CT molecular complexity index is 1010. The summed E-state index contributed by atoms with van der Waals surface area (Å²) in [5.41, 5.74) is 1.45. The van der Waals surface area contributed by atoms with E-state index in [-0.39, 0.29) is 28.7 Å². The van der Waals surface area contributed by atoms with Gasteiger partial charge in [-0.15, -0.1) is 10.2 Å². The van der Waals surface area contributed by atoms with E-state index in [1.165, 1.54) is 12.4 Å². The van der Waals surface area contributed by atoms with Crippen molar-refractivity contribution in [3.63, 3.8) is 0 Å². The highest BCUT2D eigenvalue weighted by molar-refractivity contribution is 7.99. The van der Waals surface area contributed by atoms with E-state index in [1.807, 2.05) is 30.3 Å². The second-order valence-corrected chi connectivity index (χ2v) is 8.63. The Labute approximate surface area is 188 Å². The summed E-state index contributed by atoms with van der Waals surface area (Å²) in [6.07, 6.45) is -0.768. The molecule has 1 aromatic carbocycles. The molecule has 3 aromatic rings. The lowest BCUT2D eigenvalue weighted by Crippen LogP contribution is -2.31. The molecule has 0 fully saturated rings. The standard InChI is InChI=1S/C22H24F3N5OS/c1-15(2)12-18(16-6-4-3-5-7-16)27-19(31)13-32-21-29-28-20(17-8-10-26-11-9-17)30(21)14-22(23,24)25/h3-11,15,18H,12-14H2,1-2H3,(H,27,31). The first kappa shape index (κ1) is 23.8. The van der Waals surface area contributed by atoms with E-state index < -0.39 is 12.7 Å². The van der Waals surface area contributed by atoms with E-state index in [2.05, 4.69) is 34.3 Å². The number of carbonyl (C=O) groups is 1. The first-order chi connectivity index (χ1) is 15.2. The summed E-state index contributed by atoms with van der Waals surface area (Å²) in [5, 5.41) is 10.9. The molecule has 0 bridgehead atoms. The van der Waals surface area contributed by atoms with Crippen LogP contribution in [0.1, 0.15) is 31.9 Å². The van der Waals surface area contributed by atoms with Crippen LogP contribution in [0.2, 0.25) is 0 Å². The topological polar surface area (TPSA) is 72.7 Å². The number of pyridine rings is 1. The zero-order valence-electron chi connectivity index (χ0n) is 17.7. The molecule has 1 atom stereocenters. The number of nitrogens with one attached hydrogen (secondary N) is 1. The Kier molecular flexibility index (Phi) is 7.89. The minimum atomic E-state index is -4.46. The van der Waals surface area contributed by atoms with Gasteiger partial charge in [-0.25, -0.2) is 0 Å². The van der Waals surface area contributed by atoms with E-state index in [0.29, 0.717) is 11.5 Å². The predicted molar refractivity (Wildman–Crippen MR) is 117 cm³/mol. The Morgan fingerprint density at radius 1 is 1.09 bits per heavy atom. The molecule has 0 aliphatic rings. The number of nitrogens with zero attached hydrogens (tertiary/aromatic N) is 4. The summed E-state index contributed by atoms with van der Waals surface area (Å²) < 4.78 is 40.6. The molecule has 0 aliphatic heterocycles. The number of rotatable bonds is 9. The van der Waals surface area contributed by atoms with E-state index in [4.69, 9.17) is 0 Å². The quantitative estimate of drug-likeness (QED) is 0.457. The summed E-state index contributed by atoms with van der Waals surface area (Å²) in [6, 6.07) is 12.6. The molecule has 1 unspecified atom stereocenters. The van der Waals surface area contributed by atoms with Crippen molar-refractivity contribution in [2.45, 2.75) is 44.2 Å². The smallest absolute Gasteiger partial charge is 0.349 e. The molecular weight excluding hydrogens is 439 g/mol. The average Bonchev–Trinajstić information content (AvgIpc) is 3.13. The van der Waals surface area contributed by atoms with Crippen molar-refractivity contribution in [3.05, 3.63) is 60.4 Å². The van der Waals surface area contributed by atoms with Gasteiger partial charge in [-0.05, 0) is 30.0 Å². The largest absolute Gasteiger partial charge is 0.406 e. The number of hydrogen-bond acceptors (Lipinski definition) is 5. The van der Waals surface area contributed by atoms with Crippen LogP contribution in [0.3, 0.4) is 0 Å². The van der Waals surface area contributed by atoms with E-state index in [1.54, 1.807) is 12.1 Å². The second kappa shape index (κ2) is 10.6. The van der Waals surface area contributed by atoms with Crippen molar-refractivity contribution in [2.75, 3.05) is 5.75 Å². The number of carbonyl (C=O) groups excluding carboxylic acids is 1. The lowest BCUT2D eigenvalue weighted by atomic mass is 9.97. The third-order valence-electron chi connectivity index (χ3n) is 4.57. The van der Waals surface area contributed by atoms with Crippen LogP contribution in [0.25, 0.3) is 11.4 Å². The lowest BCUT2D eigenvalue weighted by Gasteiger charge is -2.21. The van der Waals surface area contributed by atoms with Gasteiger partial charge in [-0.1, -0.05) is 55.9 Å². The highest BCUT2D eigenvalue weighted by Crippen LogP contribution is 2.28. The van der Waals surface area contributed by atoms with Crippen molar-refractivity contribution in [1.82, 2.24) is 25.1 Å². The number of alkyl halides is 3.